The van der Waals surface area contributed by atoms with Gasteiger partial charge in [-0.05, 0) is 32.3 Å². The van der Waals surface area contributed by atoms with Gasteiger partial charge in [-0.3, -0.25) is 0 Å². The van der Waals surface area contributed by atoms with E-state index in [0.717, 1.165) is 19.4 Å². The zero-order valence-corrected chi connectivity index (χ0v) is 10.4. The molecule has 2 rings (SSSR count). The first kappa shape index (κ1) is 12.2. The van der Waals surface area contributed by atoms with Crippen molar-refractivity contribution in [1.82, 2.24) is 4.57 Å². The van der Waals surface area contributed by atoms with E-state index >= 15 is 0 Å². The SMILES string of the molecule is CCO[C@@H]1CCC[C@H]1n1ccc(C(=O)OC)c1. The number of carbonyl (C=O) groups is 1. The Morgan fingerprint density at radius 1 is 1.53 bits per heavy atom. The normalized spacial score (nSPS) is 23.9. The Kier molecular flexibility index (Phi) is 3.84. The van der Waals surface area contributed by atoms with Crippen LogP contribution in [0, 0.1) is 0 Å². The molecule has 0 saturated heterocycles. The van der Waals surface area contributed by atoms with Crippen molar-refractivity contribution >= 4 is 5.97 Å². The number of ether oxygens (including phenoxy) is 2. The van der Waals surface area contributed by atoms with Gasteiger partial charge in [0.05, 0.1) is 24.8 Å². The van der Waals surface area contributed by atoms with Crippen molar-refractivity contribution in [2.45, 2.75) is 38.3 Å². The average Bonchev–Trinajstić information content (AvgIpc) is 2.96. The van der Waals surface area contributed by atoms with Crippen molar-refractivity contribution < 1.29 is 14.3 Å². The number of esters is 1. The molecular formula is C13H19NO3. The molecule has 17 heavy (non-hydrogen) atoms. The molecular weight excluding hydrogens is 218 g/mol. The quantitative estimate of drug-likeness (QED) is 0.755. The molecule has 0 N–H and O–H groups in total. The molecule has 2 atom stereocenters. The van der Waals surface area contributed by atoms with Crippen LogP contribution in [-0.2, 0) is 9.47 Å². The van der Waals surface area contributed by atoms with Gasteiger partial charge in [0, 0.05) is 19.0 Å². The first-order valence-corrected chi connectivity index (χ1v) is 6.13. The Morgan fingerprint density at radius 3 is 3.06 bits per heavy atom. The van der Waals surface area contributed by atoms with E-state index in [9.17, 15) is 4.79 Å². The van der Waals surface area contributed by atoms with Crippen LogP contribution in [0.15, 0.2) is 18.5 Å². The van der Waals surface area contributed by atoms with E-state index in [0.29, 0.717) is 11.6 Å². The van der Waals surface area contributed by atoms with Crippen molar-refractivity contribution in [3.05, 3.63) is 24.0 Å². The Balaban J connectivity index is 2.11. The molecule has 1 aromatic rings. The molecule has 1 saturated carbocycles. The monoisotopic (exact) mass is 237 g/mol. The highest BCUT2D eigenvalue weighted by Crippen LogP contribution is 2.32. The molecule has 0 bridgehead atoms. The zero-order valence-electron chi connectivity index (χ0n) is 10.4. The van der Waals surface area contributed by atoms with Gasteiger partial charge in [-0.1, -0.05) is 0 Å². The lowest BCUT2D eigenvalue weighted by atomic mass is 10.2. The summed E-state index contributed by atoms with van der Waals surface area (Å²) in [4.78, 5) is 11.4. The van der Waals surface area contributed by atoms with Gasteiger partial charge in [0.15, 0.2) is 0 Å². The lowest BCUT2D eigenvalue weighted by Crippen LogP contribution is -2.21. The molecule has 1 aromatic heterocycles. The second-order valence-electron chi connectivity index (χ2n) is 4.33. The van der Waals surface area contributed by atoms with Crippen molar-refractivity contribution in [1.29, 1.82) is 0 Å². The van der Waals surface area contributed by atoms with Gasteiger partial charge in [-0.15, -0.1) is 0 Å². The van der Waals surface area contributed by atoms with Crippen LogP contribution in [0.4, 0.5) is 0 Å². The predicted octanol–water partition coefficient (Wildman–Crippen LogP) is 2.40. The highest BCUT2D eigenvalue weighted by molar-refractivity contribution is 5.89. The number of hydrogen-bond acceptors (Lipinski definition) is 3. The molecule has 0 amide bonds. The van der Waals surface area contributed by atoms with Gasteiger partial charge in [0.2, 0.25) is 0 Å². The Labute approximate surface area is 102 Å². The third kappa shape index (κ3) is 2.52. The van der Waals surface area contributed by atoms with Gasteiger partial charge >= 0.3 is 5.97 Å². The van der Waals surface area contributed by atoms with Crippen LogP contribution in [0.3, 0.4) is 0 Å². The summed E-state index contributed by atoms with van der Waals surface area (Å²) in [7, 11) is 1.40. The van der Waals surface area contributed by atoms with Gasteiger partial charge in [0.25, 0.3) is 0 Å². The van der Waals surface area contributed by atoms with E-state index in [1.165, 1.54) is 13.5 Å². The first-order chi connectivity index (χ1) is 8.26. The summed E-state index contributed by atoms with van der Waals surface area (Å²) >= 11 is 0. The maximum atomic E-state index is 11.4. The maximum absolute atomic E-state index is 11.4. The van der Waals surface area contributed by atoms with Gasteiger partial charge in [0.1, 0.15) is 0 Å². The molecule has 1 fully saturated rings. The summed E-state index contributed by atoms with van der Waals surface area (Å²) in [5, 5.41) is 0. The van der Waals surface area contributed by atoms with Crippen LogP contribution in [0.1, 0.15) is 42.6 Å². The molecule has 0 radical (unpaired) electrons. The Hall–Kier alpha value is -1.29. The topological polar surface area (TPSA) is 40.5 Å². The Bertz CT molecular complexity index is 386. The predicted molar refractivity (Wildman–Crippen MR) is 64.1 cm³/mol. The van der Waals surface area contributed by atoms with Crippen LogP contribution in [0.2, 0.25) is 0 Å². The van der Waals surface area contributed by atoms with Crippen molar-refractivity contribution in [3.63, 3.8) is 0 Å². The molecule has 1 aliphatic rings. The maximum Gasteiger partial charge on any atom is 0.339 e. The van der Waals surface area contributed by atoms with E-state index < -0.39 is 0 Å². The minimum atomic E-state index is -0.283. The van der Waals surface area contributed by atoms with Gasteiger partial charge < -0.3 is 14.0 Å². The highest BCUT2D eigenvalue weighted by atomic mass is 16.5. The molecule has 0 aliphatic heterocycles. The number of methoxy groups -OCH3 is 1. The molecule has 0 unspecified atom stereocenters. The minimum absolute atomic E-state index is 0.276. The van der Waals surface area contributed by atoms with Crippen LogP contribution in [0.5, 0.6) is 0 Å². The molecule has 4 heteroatoms. The number of carbonyl (C=O) groups excluding carboxylic acids is 1. The molecule has 94 valence electrons. The zero-order chi connectivity index (χ0) is 12.3. The fourth-order valence-corrected chi connectivity index (χ4v) is 2.51. The number of aromatic nitrogens is 1. The number of hydrogen-bond donors (Lipinski definition) is 0. The van der Waals surface area contributed by atoms with E-state index in [1.54, 1.807) is 6.07 Å². The van der Waals surface area contributed by atoms with Crippen LogP contribution >= 0.6 is 0 Å². The van der Waals surface area contributed by atoms with E-state index in [-0.39, 0.29) is 12.1 Å². The third-order valence-corrected chi connectivity index (χ3v) is 3.32. The molecule has 0 spiro atoms. The minimum Gasteiger partial charge on any atom is -0.465 e. The largest absolute Gasteiger partial charge is 0.465 e. The summed E-state index contributed by atoms with van der Waals surface area (Å²) in [6.07, 6.45) is 7.46. The van der Waals surface area contributed by atoms with Crippen molar-refractivity contribution in [2.75, 3.05) is 13.7 Å². The summed E-state index contributed by atoms with van der Waals surface area (Å²) in [5.41, 5.74) is 0.606. The van der Waals surface area contributed by atoms with E-state index in [2.05, 4.69) is 4.57 Å². The molecule has 0 aromatic carbocycles. The fraction of sp³-hybridized carbons (Fsp3) is 0.615. The molecule has 4 nitrogen and oxygen atoms in total. The smallest absolute Gasteiger partial charge is 0.339 e. The van der Waals surface area contributed by atoms with E-state index in [1.807, 2.05) is 19.3 Å². The summed E-state index contributed by atoms with van der Waals surface area (Å²) < 4.78 is 12.5. The number of nitrogens with zero attached hydrogens (tertiary/aromatic N) is 1. The van der Waals surface area contributed by atoms with Crippen molar-refractivity contribution in [2.24, 2.45) is 0 Å². The van der Waals surface area contributed by atoms with Crippen LogP contribution in [-0.4, -0.2) is 30.4 Å². The molecule has 1 heterocycles. The second kappa shape index (κ2) is 5.36. The lowest BCUT2D eigenvalue weighted by Gasteiger charge is -2.21. The van der Waals surface area contributed by atoms with Crippen LogP contribution in [0.25, 0.3) is 0 Å². The highest BCUT2D eigenvalue weighted by Gasteiger charge is 2.29. The first-order valence-electron chi connectivity index (χ1n) is 6.13. The second-order valence-corrected chi connectivity index (χ2v) is 4.33. The van der Waals surface area contributed by atoms with Gasteiger partial charge in [-0.2, -0.15) is 0 Å². The average molecular weight is 237 g/mol. The summed E-state index contributed by atoms with van der Waals surface area (Å²) in [6.45, 7) is 2.76. The lowest BCUT2D eigenvalue weighted by molar-refractivity contribution is 0.0398. The standard InChI is InChI=1S/C13H19NO3/c1-3-17-12-6-4-5-11(12)14-8-7-10(9-14)13(15)16-2/h7-9,11-12H,3-6H2,1-2H3/t11-,12-/m1/s1. The molecule has 1 aliphatic carbocycles. The van der Waals surface area contributed by atoms with E-state index in [4.69, 9.17) is 9.47 Å². The van der Waals surface area contributed by atoms with Gasteiger partial charge in [-0.25, -0.2) is 4.79 Å². The number of rotatable bonds is 4. The fourth-order valence-electron chi connectivity index (χ4n) is 2.51. The summed E-state index contributed by atoms with van der Waals surface area (Å²) in [5.74, 6) is -0.283. The van der Waals surface area contributed by atoms with Crippen molar-refractivity contribution in [3.8, 4) is 0 Å². The summed E-state index contributed by atoms with van der Waals surface area (Å²) in [6, 6.07) is 2.15. The third-order valence-electron chi connectivity index (χ3n) is 3.32. The Morgan fingerprint density at radius 2 is 2.35 bits per heavy atom. The van der Waals surface area contributed by atoms with Crippen LogP contribution < -0.4 is 0 Å².